The van der Waals surface area contributed by atoms with Crippen LogP contribution in [0, 0.1) is 5.82 Å². The molecule has 1 aromatic rings. The van der Waals surface area contributed by atoms with Crippen molar-refractivity contribution in [3.63, 3.8) is 0 Å². The Bertz CT molecular complexity index is 514. The second-order valence-electron chi connectivity index (χ2n) is 5.18. The van der Waals surface area contributed by atoms with Gasteiger partial charge in [0, 0.05) is 32.2 Å². The first-order valence-corrected chi connectivity index (χ1v) is 7.41. The summed E-state index contributed by atoms with van der Waals surface area (Å²) in [6, 6.07) is 3.48. The molecule has 0 bridgehead atoms. The van der Waals surface area contributed by atoms with Crippen molar-refractivity contribution in [2.45, 2.75) is 19.9 Å². The van der Waals surface area contributed by atoms with Gasteiger partial charge in [-0.2, -0.15) is 0 Å². The number of carboxylic acid groups (broad SMARTS) is 1. The van der Waals surface area contributed by atoms with Crippen LogP contribution in [0.1, 0.15) is 24.2 Å². The van der Waals surface area contributed by atoms with Gasteiger partial charge in [0.15, 0.2) is 5.82 Å². The van der Waals surface area contributed by atoms with Crippen molar-refractivity contribution in [2.24, 2.45) is 0 Å². The van der Waals surface area contributed by atoms with Gasteiger partial charge in [-0.15, -0.1) is 0 Å². The Morgan fingerprint density at radius 3 is 2.40 bits per heavy atom. The Balaban J connectivity index is 2.19. The van der Waals surface area contributed by atoms with Crippen molar-refractivity contribution in [1.82, 2.24) is 4.90 Å². The molecule has 6 heteroatoms. The van der Waals surface area contributed by atoms with Crippen molar-refractivity contribution in [1.29, 1.82) is 0 Å². The van der Waals surface area contributed by atoms with Gasteiger partial charge >= 0.3 is 5.97 Å². The summed E-state index contributed by atoms with van der Waals surface area (Å²) in [4.78, 5) is 15.3. The van der Waals surface area contributed by atoms with Crippen molar-refractivity contribution >= 4 is 27.6 Å². The summed E-state index contributed by atoms with van der Waals surface area (Å²) in [5.41, 5.74) is 0.414. The molecule has 1 aliphatic heterocycles. The lowest BCUT2D eigenvalue weighted by molar-refractivity contribution is 0.0695. The average Bonchev–Trinajstić information content (AvgIpc) is 2.41. The van der Waals surface area contributed by atoms with E-state index >= 15 is 0 Å². The van der Waals surface area contributed by atoms with Crippen LogP contribution in [0.2, 0.25) is 0 Å². The Morgan fingerprint density at radius 2 is 1.90 bits per heavy atom. The third kappa shape index (κ3) is 2.96. The minimum absolute atomic E-state index is 0.0220. The second kappa shape index (κ2) is 6.10. The molecule has 0 radical (unpaired) electrons. The number of benzene rings is 1. The van der Waals surface area contributed by atoms with Gasteiger partial charge in [0.25, 0.3) is 0 Å². The highest BCUT2D eigenvalue weighted by molar-refractivity contribution is 9.10. The van der Waals surface area contributed by atoms with Crippen LogP contribution in [0.3, 0.4) is 0 Å². The van der Waals surface area contributed by atoms with Crippen molar-refractivity contribution < 1.29 is 14.3 Å². The highest BCUT2D eigenvalue weighted by atomic mass is 79.9. The monoisotopic (exact) mass is 344 g/mol. The van der Waals surface area contributed by atoms with E-state index in [1.807, 2.05) is 4.90 Å². The van der Waals surface area contributed by atoms with Crippen molar-refractivity contribution in [3.8, 4) is 0 Å². The topological polar surface area (TPSA) is 43.8 Å². The molecule has 1 N–H and O–H groups in total. The maximum Gasteiger partial charge on any atom is 0.336 e. The van der Waals surface area contributed by atoms with Gasteiger partial charge in [-0.25, -0.2) is 9.18 Å². The summed E-state index contributed by atoms with van der Waals surface area (Å²) in [5.74, 6) is -1.63. The van der Waals surface area contributed by atoms with Crippen LogP contribution in [0.15, 0.2) is 16.6 Å². The molecule has 1 fully saturated rings. The molecule has 0 aromatic heterocycles. The van der Waals surface area contributed by atoms with E-state index in [-0.39, 0.29) is 10.0 Å². The molecule has 0 spiro atoms. The molecule has 20 heavy (non-hydrogen) atoms. The number of anilines is 1. The van der Waals surface area contributed by atoms with Gasteiger partial charge in [-0.05, 0) is 41.9 Å². The predicted octanol–water partition coefficient (Wildman–Crippen LogP) is 2.82. The fourth-order valence-corrected chi connectivity index (χ4v) is 2.93. The molecule has 110 valence electrons. The number of aromatic carboxylic acids is 1. The summed E-state index contributed by atoms with van der Waals surface area (Å²) < 4.78 is 14.3. The molecule has 0 amide bonds. The largest absolute Gasteiger partial charge is 0.478 e. The minimum atomic E-state index is -1.13. The lowest BCUT2D eigenvalue weighted by Crippen LogP contribution is -2.49. The molecule has 0 aliphatic carbocycles. The molecule has 0 unspecified atom stereocenters. The maximum absolute atomic E-state index is 14.3. The lowest BCUT2D eigenvalue weighted by Gasteiger charge is -2.38. The number of nitrogens with zero attached hydrogens (tertiary/aromatic N) is 2. The SMILES string of the molecule is CC(C)N1CCN(c2ccc(C(=O)O)c(Br)c2F)CC1. The smallest absolute Gasteiger partial charge is 0.336 e. The van der Waals surface area contributed by atoms with Crippen LogP contribution >= 0.6 is 15.9 Å². The van der Waals surface area contributed by atoms with E-state index in [1.165, 1.54) is 6.07 Å². The van der Waals surface area contributed by atoms with Crippen LogP contribution in [0.4, 0.5) is 10.1 Å². The number of carbonyl (C=O) groups is 1. The molecule has 0 saturated carbocycles. The van der Waals surface area contributed by atoms with Crippen LogP contribution in [-0.4, -0.2) is 48.2 Å². The van der Waals surface area contributed by atoms with Crippen LogP contribution in [-0.2, 0) is 0 Å². The standard InChI is InChI=1S/C14H18BrFN2O2/c1-9(2)17-5-7-18(8-6-17)11-4-3-10(14(19)20)12(15)13(11)16/h3-4,9H,5-8H2,1-2H3,(H,19,20). The van der Waals surface area contributed by atoms with Crippen LogP contribution < -0.4 is 4.90 Å². The summed E-state index contributed by atoms with van der Waals surface area (Å²) >= 11 is 3.04. The van der Waals surface area contributed by atoms with E-state index in [4.69, 9.17) is 5.11 Å². The summed E-state index contributed by atoms with van der Waals surface area (Å²) in [5, 5.41) is 8.97. The summed E-state index contributed by atoms with van der Waals surface area (Å²) in [6.45, 7) is 7.55. The quantitative estimate of drug-likeness (QED) is 0.915. The molecule has 0 atom stereocenters. The zero-order chi connectivity index (χ0) is 14.9. The number of rotatable bonds is 3. The summed E-state index contributed by atoms with van der Waals surface area (Å²) in [6.07, 6.45) is 0. The Morgan fingerprint density at radius 1 is 1.30 bits per heavy atom. The molecule has 1 saturated heterocycles. The molecular weight excluding hydrogens is 327 g/mol. The van der Waals surface area contributed by atoms with Gasteiger partial charge in [0.05, 0.1) is 15.7 Å². The van der Waals surface area contributed by atoms with Gasteiger partial charge in [0.1, 0.15) is 0 Å². The predicted molar refractivity (Wildman–Crippen MR) is 80.0 cm³/mol. The van der Waals surface area contributed by atoms with E-state index in [1.54, 1.807) is 6.07 Å². The van der Waals surface area contributed by atoms with E-state index in [2.05, 4.69) is 34.7 Å². The molecule has 1 heterocycles. The zero-order valence-electron chi connectivity index (χ0n) is 11.6. The number of piperazine rings is 1. The number of halogens is 2. The first-order chi connectivity index (χ1) is 9.41. The molecule has 1 aromatic carbocycles. The van der Waals surface area contributed by atoms with Gasteiger partial charge in [0.2, 0.25) is 0 Å². The van der Waals surface area contributed by atoms with Crippen LogP contribution in [0.25, 0.3) is 0 Å². The lowest BCUT2D eigenvalue weighted by atomic mass is 10.1. The minimum Gasteiger partial charge on any atom is -0.478 e. The van der Waals surface area contributed by atoms with E-state index < -0.39 is 11.8 Å². The molecule has 4 nitrogen and oxygen atoms in total. The van der Waals surface area contributed by atoms with E-state index in [0.29, 0.717) is 11.7 Å². The summed E-state index contributed by atoms with van der Waals surface area (Å²) in [7, 11) is 0. The first kappa shape index (κ1) is 15.3. The van der Waals surface area contributed by atoms with E-state index in [0.717, 1.165) is 26.2 Å². The van der Waals surface area contributed by atoms with Gasteiger partial charge in [-0.1, -0.05) is 0 Å². The Kier molecular flexibility index (Phi) is 4.65. The maximum atomic E-state index is 14.3. The molecule has 2 rings (SSSR count). The van der Waals surface area contributed by atoms with Crippen molar-refractivity contribution in [3.05, 3.63) is 28.0 Å². The third-order valence-electron chi connectivity index (χ3n) is 3.68. The fourth-order valence-electron chi connectivity index (χ4n) is 2.43. The van der Waals surface area contributed by atoms with Gasteiger partial charge < -0.3 is 10.0 Å². The average molecular weight is 345 g/mol. The number of hydrogen-bond donors (Lipinski definition) is 1. The fraction of sp³-hybridized carbons (Fsp3) is 0.500. The highest BCUT2D eigenvalue weighted by Crippen LogP contribution is 2.30. The van der Waals surface area contributed by atoms with Crippen molar-refractivity contribution in [2.75, 3.05) is 31.1 Å². The van der Waals surface area contributed by atoms with Crippen LogP contribution in [0.5, 0.6) is 0 Å². The molecule has 1 aliphatic rings. The normalized spacial score (nSPS) is 16.8. The third-order valence-corrected chi connectivity index (χ3v) is 4.45. The Hall–Kier alpha value is -1.14. The highest BCUT2D eigenvalue weighted by Gasteiger charge is 2.23. The van der Waals surface area contributed by atoms with Gasteiger partial charge in [-0.3, -0.25) is 4.90 Å². The van der Waals surface area contributed by atoms with E-state index in [9.17, 15) is 9.18 Å². The molecular formula is C14H18BrFN2O2. The number of hydrogen-bond acceptors (Lipinski definition) is 3. The Labute approximate surface area is 126 Å². The zero-order valence-corrected chi connectivity index (χ0v) is 13.2. The first-order valence-electron chi connectivity index (χ1n) is 6.62. The second-order valence-corrected chi connectivity index (χ2v) is 5.98. The number of carboxylic acids is 1.